The van der Waals surface area contributed by atoms with Gasteiger partial charge in [0, 0.05) is 15.1 Å². The second-order valence-corrected chi connectivity index (χ2v) is 16.6. The van der Waals surface area contributed by atoms with Crippen LogP contribution in [0.2, 0.25) is 15.1 Å². The van der Waals surface area contributed by atoms with Crippen LogP contribution in [0.1, 0.15) is 77.5 Å². The van der Waals surface area contributed by atoms with E-state index >= 15 is 0 Å². The van der Waals surface area contributed by atoms with Crippen LogP contribution in [0, 0.1) is 22.7 Å². The molecule has 4 atom stereocenters. The molecule has 0 bridgehead atoms. The van der Waals surface area contributed by atoms with Crippen molar-refractivity contribution in [1.82, 2.24) is 5.32 Å². The summed E-state index contributed by atoms with van der Waals surface area (Å²) in [7, 11) is 0. The summed E-state index contributed by atoms with van der Waals surface area (Å²) in [6, 6.07) is 25.2. The van der Waals surface area contributed by atoms with Gasteiger partial charge >= 0.3 is 0 Å². The number of halogens is 3. The molecule has 4 unspecified atom stereocenters. The van der Waals surface area contributed by atoms with Gasteiger partial charge in [0.1, 0.15) is 0 Å². The molecule has 1 N–H and O–H groups in total. The molecule has 6 rings (SSSR count). The van der Waals surface area contributed by atoms with Crippen LogP contribution >= 0.6 is 34.8 Å². The van der Waals surface area contributed by atoms with E-state index in [-0.39, 0.29) is 22.9 Å². The maximum absolute atomic E-state index is 6.46. The number of benzene rings is 3. The van der Waals surface area contributed by atoms with Crippen molar-refractivity contribution >= 4 is 52.5 Å². The van der Waals surface area contributed by atoms with Crippen molar-refractivity contribution in [2.24, 2.45) is 22.7 Å². The second kappa shape index (κ2) is 12.6. The molecule has 0 amide bonds. The normalized spacial score (nSPS) is 25.7. The molecular formula is C41H44Cl3N. The molecule has 4 heteroatoms. The Morgan fingerprint density at radius 2 is 1.09 bits per heavy atom. The zero-order valence-electron chi connectivity index (χ0n) is 27.2. The average molecular weight is 657 g/mol. The third kappa shape index (κ3) is 7.08. The molecule has 45 heavy (non-hydrogen) atoms. The van der Waals surface area contributed by atoms with Gasteiger partial charge in [-0.3, -0.25) is 5.32 Å². The maximum atomic E-state index is 6.46. The lowest BCUT2D eigenvalue weighted by Crippen LogP contribution is -2.51. The first kappa shape index (κ1) is 32.4. The lowest BCUT2D eigenvalue weighted by Gasteiger charge is -2.49. The van der Waals surface area contributed by atoms with E-state index in [1.165, 1.54) is 44.6 Å². The van der Waals surface area contributed by atoms with E-state index in [0.29, 0.717) is 11.8 Å². The number of fused-ring (bicyclic) bond motifs is 2. The Kier molecular flexibility index (Phi) is 9.05. The van der Waals surface area contributed by atoms with E-state index in [0.717, 1.165) is 34.3 Å². The molecule has 0 spiro atoms. The molecular weight excluding hydrogens is 613 g/mol. The largest absolute Gasteiger partial charge is 0.296 e. The molecule has 0 saturated heterocycles. The standard InChI is InChI=1S/C41H44Cl3N/c1-40(2,3)30-21-28(19-25-7-13-32(42)14-8-25)38-35(23-30)37(27-11-17-34(44)18-12-27)36-24-31(41(4,5)6)22-29(39(36)45-38)20-26-9-15-33(43)16-10-26/h7-20,23,30-31,38-39,45H,21-22,24H2,1-6H3. The van der Waals surface area contributed by atoms with E-state index in [4.69, 9.17) is 34.8 Å². The number of hydrogen-bond acceptors (Lipinski definition) is 1. The van der Waals surface area contributed by atoms with Crippen LogP contribution in [0.3, 0.4) is 0 Å². The summed E-state index contributed by atoms with van der Waals surface area (Å²) < 4.78 is 0. The summed E-state index contributed by atoms with van der Waals surface area (Å²) in [5.74, 6) is 0.907. The van der Waals surface area contributed by atoms with Gasteiger partial charge in [0.2, 0.25) is 0 Å². The van der Waals surface area contributed by atoms with Crippen LogP contribution in [0.15, 0.2) is 101 Å². The van der Waals surface area contributed by atoms with Crippen LogP contribution in [0.4, 0.5) is 0 Å². The smallest absolute Gasteiger partial charge is 0.0549 e. The van der Waals surface area contributed by atoms with Crippen LogP contribution < -0.4 is 5.32 Å². The fraction of sp³-hybridized carbons (Fsp3) is 0.366. The molecule has 2 aliphatic carbocycles. The van der Waals surface area contributed by atoms with Crippen LogP contribution in [-0.4, -0.2) is 12.1 Å². The Bertz CT molecular complexity index is 1670. The molecule has 1 heterocycles. The first-order chi connectivity index (χ1) is 21.3. The summed E-state index contributed by atoms with van der Waals surface area (Å²) in [4.78, 5) is 0. The van der Waals surface area contributed by atoms with Crippen molar-refractivity contribution in [1.29, 1.82) is 0 Å². The molecule has 1 nitrogen and oxygen atoms in total. The zero-order chi connectivity index (χ0) is 32.1. The van der Waals surface area contributed by atoms with E-state index in [9.17, 15) is 0 Å². The molecule has 234 valence electrons. The Labute approximate surface area is 285 Å². The maximum Gasteiger partial charge on any atom is 0.0549 e. The van der Waals surface area contributed by atoms with E-state index in [1.54, 1.807) is 0 Å². The summed E-state index contributed by atoms with van der Waals surface area (Å²) in [6.45, 7) is 14.3. The number of nitrogens with one attached hydrogen (secondary N) is 1. The SMILES string of the molecule is CC(C)(C)C1C=C2C(c3ccc(Cl)cc3)=C3CC(C(C)(C)C)CC(=Cc4ccc(Cl)cc4)C3NC2C(=Cc2ccc(Cl)cc2)C1. The Balaban J connectivity index is 1.60. The van der Waals surface area contributed by atoms with Crippen LogP contribution in [-0.2, 0) is 0 Å². The topological polar surface area (TPSA) is 12.0 Å². The number of hydrogen-bond donors (Lipinski definition) is 1. The third-order valence-corrected chi connectivity index (χ3v) is 10.8. The van der Waals surface area contributed by atoms with E-state index in [2.05, 4.69) is 101 Å². The lowest BCUT2D eigenvalue weighted by molar-refractivity contribution is 0.215. The van der Waals surface area contributed by atoms with Gasteiger partial charge in [-0.25, -0.2) is 0 Å². The van der Waals surface area contributed by atoms with Crippen LogP contribution in [0.25, 0.3) is 17.7 Å². The monoisotopic (exact) mass is 655 g/mol. The number of rotatable bonds is 3. The van der Waals surface area contributed by atoms with Gasteiger partial charge in [-0.1, -0.05) is 131 Å². The fourth-order valence-corrected chi connectivity index (χ4v) is 7.60. The van der Waals surface area contributed by atoms with Gasteiger partial charge in [0.25, 0.3) is 0 Å². The van der Waals surface area contributed by atoms with Gasteiger partial charge in [-0.15, -0.1) is 0 Å². The quantitative estimate of drug-likeness (QED) is 0.296. The third-order valence-electron chi connectivity index (χ3n) is 10.0. The molecule has 0 radical (unpaired) electrons. The zero-order valence-corrected chi connectivity index (χ0v) is 29.5. The molecule has 0 aromatic heterocycles. The Morgan fingerprint density at radius 3 is 1.58 bits per heavy atom. The Morgan fingerprint density at radius 1 is 0.600 bits per heavy atom. The van der Waals surface area contributed by atoms with E-state index < -0.39 is 0 Å². The molecule has 1 fully saturated rings. The molecule has 1 aliphatic heterocycles. The van der Waals surface area contributed by atoms with Gasteiger partial charge in [-0.2, -0.15) is 0 Å². The minimum absolute atomic E-state index is 0.0958. The van der Waals surface area contributed by atoms with Gasteiger partial charge in [0.15, 0.2) is 0 Å². The highest BCUT2D eigenvalue weighted by Gasteiger charge is 2.45. The molecule has 3 aromatic carbocycles. The van der Waals surface area contributed by atoms with Crippen molar-refractivity contribution in [3.8, 4) is 0 Å². The summed E-state index contributed by atoms with van der Waals surface area (Å²) in [6.07, 6.45) is 10.5. The molecule has 3 aliphatic rings. The minimum Gasteiger partial charge on any atom is -0.296 e. The minimum atomic E-state index is 0.0958. The van der Waals surface area contributed by atoms with Crippen molar-refractivity contribution in [2.45, 2.75) is 72.9 Å². The predicted octanol–water partition coefficient (Wildman–Crippen LogP) is 12.4. The van der Waals surface area contributed by atoms with Crippen molar-refractivity contribution in [2.75, 3.05) is 0 Å². The second-order valence-electron chi connectivity index (χ2n) is 15.3. The van der Waals surface area contributed by atoms with E-state index in [1.807, 2.05) is 36.4 Å². The van der Waals surface area contributed by atoms with Crippen molar-refractivity contribution in [3.63, 3.8) is 0 Å². The first-order valence-electron chi connectivity index (χ1n) is 16.2. The average Bonchev–Trinajstić information content (AvgIpc) is 2.98. The van der Waals surface area contributed by atoms with Gasteiger partial charge in [0.05, 0.1) is 12.1 Å². The first-order valence-corrected chi connectivity index (χ1v) is 17.3. The summed E-state index contributed by atoms with van der Waals surface area (Å²) in [5, 5.41) is 6.52. The number of allylic oxidation sites excluding steroid dienone is 1. The van der Waals surface area contributed by atoms with Gasteiger partial charge < -0.3 is 0 Å². The molecule has 1 saturated carbocycles. The lowest BCUT2D eigenvalue weighted by atomic mass is 9.62. The predicted molar refractivity (Wildman–Crippen MR) is 196 cm³/mol. The fourth-order valence-electron chi connectivity index (χ4n) is 7.22. The highest BCUT2D eigenvalue weighted by atomic mass is 35.5. The summed E-state index contributed by atoms with van der Waals surface area (Å²) >= 11 is 19.0. The molecule has 3 aromatic rings. The highest BCUT2D eigenvalue weighted by molar-refractivity contribution is 6.31. The van der Waals surface area contributed by atoms with Gasteiger partial charge in [-0.05, 0) is 123 Å². The van der Waals surface area contributed by atoms with Crippen molar-refractivity contribution in [3.05, 3.63) is 133 Å². The highest BCUT2D eigenvalue weighted by Crippen LogP contribution is 2.52. The van der Waals surface area contributed by atoms with Crippen molar-refractivity contribution < 1.29 is 0 Å². The Hall–Kier alpha value is -2.55. The van der Waals surface area contributed by atoms with Crippen LogP contribution in [0.5, 0.6) is 0 Å². The summed E-state index contributed by atoms with van der Waals surface area (Å²) in [5.41, 5.74) is 11.0.